The molecule has 0 saturated heterocycles. The van der Waals surface area contributed by atoms with Crippen LogP contribution in [0.15, 0.2) is 27.7 Å². The summed E-state index contributed by atoms with van der Waals surface area (Å²) in [5.41, 5.74) is 2.02. The van der Waals surface area contributed by atoms with Crippen LogP contribution in [0.25, 0.3) is 0 Å². The van der Waals surface area contributed by atoms with Crippen molar-refractivity contribution >= 4 is 41.7 Å². The molecule has 0 saturated carbocycles. The molecule has 0 aliphatic rings. The van der Waals surface area contributed by atoms with Gasteiger partial charge in [-0.25, -0.2) is 4.39 Å². The Kier molecular flexibility index (Phi) is 9.04. The van der Waals surface area contributed by atoms with Crippen LogP contribution in [0.1, 0.15) is 22.8 Å². The first-order valence-corrected chi connectivity index (χ1v) is 8.51. The van der Waals surface area contributed by atoms with Crippen LogP contribution in [0.2, 0.25) is 0 Å². The van der Waals surface area contributed by atoms with Crippen LogP contribution < -0.4 is 10.6 Å². The molecule has 0 aliphatic carbocycles. The van der Waals surface area contributed by atoms with Crippen molar-refractivity contribution in [3.8, 4) is 0 Å². The fourth-order valence-corrected chi connectivity index (χ4v) is 2.61. The maximum atomic E-state index is 13.4. The first kappa shape index (κ1) is 20.7. The van der Waals surface area contributed by atoms with Gasteiger partial charge in [0.1, 0.15) is 5.82 Å². The number of hydrogen-bond acceptors (Lipinski definition) is 5. The van der Waals surface area contributed by atoms with Gasteiger partial charge in [0.25, 0.3) is 0 Å². The van der Waals surface area contributed by atoms with Gasteiger partial charge in [-0.1, -0.05) is 11.2 Å². The maximum Gasteiger partial charge on any atom is 0.223 e. The molecule has 0 aliphatic heterocycles. The topological polar surface area (TPSA) is 75.3 Å². The van der Waals surface area contributed by atoms with Gasteiger partial charge in [-0.05, 0) is 29.5 Å². The number of hydrogen-bond donors (Lipinski definition) is 2. The van der Waals surface area contributed by atoms with Gasteiger partial charge in [-0.2, -0.15) is 16.7 Å². The first-order chi connectivity index (χ1) is 11.1. The summed E-state index contributed by atoms with van der Waals surface area (Å²) in [6.07, 6.45) is 2.00. The number of guanidine groups is 1. The van der Waals surface area contributed by atoms with E-state index in [0.29, 0.717) is 30.8 Å². The highest BCUT2D eigenvalue weighted by Gasteiger charge is 2.07. The summed E-state index contributed by atoms with van der Waals surface area (Å²) in [7, 11) is 1.68. The van der Waals surface area contributed by atoms with Crippen molar-refractivity contribution in [3.05, 3.63) is 46.9 Å². The van der Waals surface area contributed by atoms with Gasteiger partial charge in [0.05, 0.1) is 6.54 Å². The minimum absolute atomic E-state index is 0. The zero-order valence-corrected chi connectivity index (χ0v) is 16.9. The second-order valence-electron chi connectivity index (χ2n) is 4.85. The van der Waals surface area contributed by atoms with E-state index < -0.39 is 0 Å². The SMILES string of the molecule is CN=C(NCc1noc(C)n1)NCc1ccc(F)cc1CSC.I. The minimum Gasteiger partial charge on any atom is -0.352 e. The molecule has 0 unspecified atom stereocenters. The predicted molar refractivity (Wildman–Crippen MR) is 105 cm³/mol. The predicted octanol–water partition coefficient (Wildman–Crippen LogP) is 2.86. The highest BCUT2D eigenvalue weighted by atomic mass is 127. The Hall–Kier alpha value is -1.36. The highest BCUT2D eigenvalue weighted by molar-refractivity contribution is 14.0. The van der Waals surface area contributed by atoms with E-state index in [1.807, 2.05) is 6.26 Å². The van der Waals surface area contributed by atoms with Gasteiger partial charge < -0.3 is 15.2 Å². The molecule has 0 bridgehead atoms. The average Bonchev–Trinajstić information content (AvgIpc) is 2.95. The Labute approximate surface area is 162 Å². The molecule has 1 aromatic carbocycles. The van der Waals surface area contributed by atoms with Crippen LogP contribution in [0.4, 0.5) is 4.39 Å². The summed E-state index contributed by atoms with van der Waals surface area (Å²) in [6.45, 7) is 2.71. The summed E-state index contributed by atoms with van der Waals surface area (Å²) in [5, 5.41) is 10.1. The molecule has 1 heterocycles. The molecule has 2 rings (SSSR count). The zero-order chi connectivity index (χ0) is 16.7. The number of aryl methyl sites for hydroxylation is 1. The number of benzene rings is 1. The van der Waals surface area contributed by atoms with Gasteiger partial charge >= 0.3 is 0 Å². The number of nitrogens with zero attached hydrogens (tertiary/aromatic N) is 3. The smallest absolute Gasteiger partial charge is 0.223 e. The quantitative estimate of drug-likeness (QED) is 0.388. The summed E-state index contributed by atoms with van der Waals surface area (Å²) >= 11 is 1.66. The number of thioether (sulfide) groups is 1. The molecule has 6 nitrogen and oxygen atoms in total. The molecule has 132 valence electrons. The zero-order valence-electron chi connectivity index (χ0n) is 13.8. The Morgan fingerprint density at radius 3 is 2.67 bits per heavy atom. The van der Waals surface area contributed by atoms with Crippen LogP contribution in [-0.2, 0) is 18.8 Å². The van der Waals surface area contributed by atoms with E-state index in [1.54, 1.807) is 37.9 Å². The van der Waals surface area contributed by atoms with Crippen molar-refractivity contribution in [2.45, 2.75) is 25.8 Å². The molecule has 0 atom stereocenters. The van der Waals surface area contributed by atoms with Gasteiger partial charge in [-0.3, -0.25) is 4.99 Å². The fourth-order valence-electron chi connectivity index (χ4n) is 2.03. The maximum absolute atomic E-state index is 13.4. The lowest BCUT2D eigenvalue weighted by Crippen LogP contribution is -2.36. The van der Waals surface area contributed by atoms with E-state index in [1.165, 1.54) is 6.07 Å². The second kappa shape index (κ2) is 10.5. The molecule has 1 aromatic heterocycles. The van der Waals surface area contributed by atoms with Crippen LogP contribution >= 0.6 is 35.7 Å². The van der Waals surface area contributed by atoms with Crippen LogP contribution in [0.5, 0.6) is 0 Å². The normalized spacial score (nSPS) is 11.1. The van der Waals surface area contributed by atoms with Crippen LogP contribution in [0.3, 0.4) is 0 Å². The van der Waals surface area contributed by atoms with Crippen molar-refractivity contribution in [1.29, 1.82) is 0 Å². The third kappa shape index (κ3) is 6.27. The number of nitrogens with one attached hydrogen (secondary N) is 2. The Morgan fingerprint density at radius 1 is 1.29 bits per heavy atom. The Balaban J connectivity index is 0.00000288. The molecule has 2 N–H and O–H groups in total. The van der Waals surface area contributed by atoms with Crippen molar-refractivity contribution in [3.63, 3.8) is 0 Å². The third-order valence-corrected chi connectivity index (χ3v) is 3.72. The molecule has 0 radical (unpaired) electrons. The Morgan fingerprint density at radius 2 is 2.04 bits per heavy atom. The molecule has 9 heteroatoms. The molecular weight excluding hydrogens is 444 g/mol. The molecule has 0 amide bonds. The van der Waals surface area contributed by atoms with E-state index in [-0.39, 0.29) is 29.8 Å². The van der Waals surface area contributed by atoms with Gasteiger partial charge in [0.2, 0.25) is 5.89 Å². The summed E-state index contributed by atoms with van der Waals surface area (Å²) < 4.78 is 18.3. The Bertz CT molecular complexity index is 680. The van der Waals surface area contributed by atoms with Crippen LogP contribution in [-0.4, -0.2) is 29.4 Å². The van der Waals surface area contributed by atoms with Crippen LogP contribution in [0, 0.1) is 12.7 Å². The van der Waals surface area contributed by atoms with Gasteiger partial charge in [0, 0.05) is 26.3 Å². The minimum atomic E-state index is -0.215. The van der Waals surface area contributed by atoms with E-state index >= 15 is 0 Å². The van der Waals surface area contributed by atoms with Crippen molar-refractivity contribution in [1.82, 2.24) is 20.8 Å². The molecule has 2 aromatic rings. The van der Waals surface area contributed by atoms with Crippen molar-refractivity contribution in [2.24, 2.45) is 4.99 Å². The number of rotatable bonds is 6. The van der Waals surface area contributed by atoms with E-state index in [0.717, 1.165) is 16.9 Å². The summed E-state index contributed by atoms with van der Waals surface area (Å²) in [6, 6.07) is 4.84. The van der Waals surface area contributed by atoms with Crippen molar-refractivity contribution < 1.29 is 8.91 Å². The number of halogens is 2. The fraction of sp³-hybridized carbons (Fsp3) is 0.400. The molecule has 0 fully saturated rings. The average molecular weight is 465 g/mol. The van der Waals surface area contributed by atoms with E-state index in [4.69, 9.17) is 4.52 Å². The molecule has 0 spiro atoms. The second-order valence-corrected chi connectivity index (χ2v) is 5.72. The monoisotopic (exact) mass is 465 g/mol. The number of aromatic nitrogens is 2. The lowest BCUT2D eigenvalue weighted by atomic mass is 10.1. The van der Waals surface area contributed by atoms with E-state index in [2.05, 4.69) is 25.8 Å². The van der Waals surface area contributed by atoms with E-state index in [9.17, 15) is 4.39 Å². The summed E-state index contributed by atoms with van der Waals surface area (Å²) in [4.78, 5) is 8.26. The third-order valence-electron chi connectivity index (χ3n) is 3.12. The molecule has 24 heavy (non-hydrogen) atoms. The lowest BCUT2D eigenvalue weighted by Gasteiger charge is -2.13. The lowest BCUT2D eigenvalue weighted by molar-refractivity contribution is 0.387. The first-order valence-electron chi connectivity index (χ1n) is 7.12. The highest BCUT2D eigenvalue weighted by Crippen LogP contribution is 2.16. The molecular formula is C15H21FIN5OS. The number of aliphatic imine (C=N–C) groups is 1. The van der Waals surface area contributed by atoms with Gasteiger partial charge in [-0.15, -0.1) is 24.0 Å². The summed E-state index contributed by atoms with van der Waals surface area (Å²) in [5.74, 6) is 2.26. The standard InChI is InChI=1S/C15H20FN5OS.HI/c1-10-20-14(21-22-10)8-19-15(17-2)18-7-11-4-5-13(16)6-12(11)9-23-3;/h4-6H,7-9H2,1-3H3,(H2,17,18,19);1H. The van der Waals surface area contributed by atoms with Gasteiger partial charge in [0.15, 0.2) is 11.8 Å². The van der Waals surface area contributed by atoms with Crippen molar-refractivity contribution in [2.75, 3.05) is 13.3 Å². The largest absolute Gasteiger partial charge is 0.352 e.